The van der Waals surface area contributed by atoms with E-state index in [-0.39, 0.29) is 33.0 Å². The van der Waals surface area contributed by atoms with E-state index in [9.17, 15) is 18.0 Å². The van der Waals surface area contributed by atoms with Crippen LogP contribution in [0, 0.1) is 0 Å². The number of nitrogens with one attached hydrogen (secondary N) is 1. The molecule has 150 valence electrons. The SMILES string of the molecule is COC(=O)CSCC(=O)Nc1cc(S(=O)(=O)N2CCCCCC2)ccc1Cl. The second kappa shape index (κ2) is 10.3. The molecular weight excluding hydrogens is 412 g/mol. The molecule has 0 bridgehead atoms. The molecule has 1 saturated heterocycles. The Morgan fingerprint density at radius 3 is 2.48 bits per heavy atom. The number of methoxy groups -OCH3 is 1. The van der Waals surface area contributed by atoms with Crippen LogP contribution in [0.25, 0.3) is 0 Å². The molecule has 1 amide bonds. The summed E-state index contributed by atoms with van der Waals surface area (Å²) >= 11 is 7.20. The number of thioether (sulfide) groups is 1. The monoisotopic (exact) mass is 434 g/mol. The van der Waals surface area contributed by atoms with Crippen LogP contribution in [0.4, 0.5) is 5.69 Å². The van der Waals surface area contributed by atoms with E-state index >= 15 is 0 Å². The lowest BCUT2D eigenvalue weighted by atomic mass is 10.2. The van der Waals surface area contributed by atoms with Crippen molar-refractivity contribution in [3.8, 4) is 0 Å². The Hall–Kier alpha value is -1.29. The summed E-state index contributed by atoms with van der Waals surface area (Å²) in [6, 6.07) is 4.29. The number of hydrogen-bond acceptors (Lipinski definition) is 6. The zero-order chi connectivity index (χ0) is 19.9. The lowest BCUT2D eigenvalue weighted by Crippen LogP contribution is -2.32. The van der Waals surface area contributed by atoms with Crippen molar-refractivity contribution in [1.29, 1.82) is 0 Å². The number of nitrogens with zero attached hydrogens (tertiary/aromatic N) is 1. The Bertz CT molecular complexity index is 778. The van der Waals surface area contributed by atoms with Gasteiger partial charge in [-0.3, -0.25) is 9.59 Å². The first kappa shape index (κ1) is 22.0. The lowest BCUT2D eigenvalue weighted by molar-refractivity contribution is -0.137. The van der Waals surface area contributed by atoms with Crippen molar-refractivity contribution in [2.24, 2.45) is 0 Å². The van der Waals surface area contributed by atoms with Gasteiger partial charge in [0, 0.05) is 13.1 Å². The van der Waals surface area contributed by atoms with Crippen molar-refractivity contribution in [3.05, 3.63) is 23.2 Å². The number of benzene rings is 1. The predicted octanol–water partition coefficient (Wildman–Crippen LogP) is 2.75. The smallest absolute Gasteiger partial charge is 0.315 e. The Morgan fingerprint density at radius 2 is 1.85 bits per heavy atom. The van der Waals surface area contributed by atoms with Gasteiger partial charge in [0.15, 0.2) is 0 Å². The molecule has 0 radical (unpaired) electrons. The molecule has 10 heteroatoms. The number of rotatable bonds is 7. The quantitative estimate of drug-likeness (QED) is 0.663. The fourth-order valence-electron chi connectivity index (χ4n) is 2.66. The van der Waals surface area contributed by atoms with Gasteiger partial charge < -0.3 is 10.1 Å². The molecule has 0 atom stereocenters. The maximum Gasteiger partial charge on any atom is 0.315 e. The molecule has 0 unspecified atom stereocenters. The Labute approximate surface area is 168 Å². The van der Waals surface area contributed by atoms with E-state index in [0.717, 1.165) is 37.4 Å². The molecule has 27 heavy (non-hydrogen) atoms. The van der Waals surface area contributed by atoms with Crippen LogP contribution in [0.1, 0.15) is 25.7 Å². The number of halogens is 1. The minimum atomic E-state index is -3.63. The van der Waals surface area contributed by atoms with Gasteiger partial charge in [-0.25, -0.2) is 8.42 Å². The van der Waals surface area contributed by atoms with Crippen LogP contribution in [0.15, 0.2) is 23.1 Å². The van der Waals surface area contributed by atoms with Crippen LogP contribution < -0.4 is 5.32 Å². The Kier molecular flexibility index (Phi) is 8.40. The zero-order valence-electron chi connectivity index (χ0n) is 15.1. The summed E-state index contributed by atoms with van der Waals surface area (Å²) in [7, 11) is -2.36. The highest BCUT2D eigenvalue weighted by Crippen LogP contribution is 2.28. The van der Waals surface area contributed by atoms with E-state index in [1.54, 1.807) is 0 Å². The van der Waals surface area contributed by atoms with Gasteiger partial charge in [-0.15, -0.1) is 11.8 Å². The zero-order valence-corrected chi connectivity index (χ0v) is 17.5. The summed E-state index contributed by atoms with van der Waals surface area (Å²) in [5.74, 6) is -0.721. The molecule has 1 aromatic rings. The van der Waals surface area contributed by atoms with Crippen molar-refractivity contribution in [2.45, 2.75) is 30.6 Å². The van der Waals surface area contributed by atoms with Crippen molar-refractivity contribution >= 4 is 50.9 Å². The first-order valence-electron chi connectivity index (χ1n) is 8.58. The van der Waals surface area contributed by atoms with Crippen LogP contribution in [0.2, 0.25) is 5.02 Å². The maximum atomic E-state index is 12.9. The van der Waals surface area contributed by atoms with Gasteiger partial charge in [0.1, 0.15) is 0 Å². The standard InChI is InChI=1S/C17H23ClN2O5S2/c1-25-17(22)12-26-11-16(21)19-15-10-13(6-7-14(15)18)27(23,24)20-8-4-2-3-5-9-20/h6-7,10H,2-5,8-9,11-12H2,1H3,(H,19,21). The first-order chi connectivity index (χ1) is 12.8. The number of ether oxygens (including phenoxy) is 1. The highest BCUT2D eigenvalue weighted by atomic mass is 35.5. The van der Waals surface area contributed by atoms with Crippen molar-refractivity contribution < 1.29 is 22.7 Å². The van der Waals surface area contributed by atoms with E-state index in [2.05, 4.69) is 10.1 Å². The Balaban J connectivity index is 2.08. The molecular formula is C17H23ClN2O5S2. The summed E-state index contributed by atoms with van der Waals surface area (Å²) in [6.07, 6.45) is 3.73. The molecule has 0 aliphatic carbocycles. The number of sulfonamides is 1. The first-order valence-corrected chi connectivity index (χ1v) is 11.6. The third-order valence-corrected chi connectivity index (χ3v) is 7.23. The molecule has 1 aliphatic rings. The second-order valence-electron chi connectivity index (χ2n) is 6.08. The highest BCUT2D eigenvalue weighted by Gasteiger charge is 2.26. The van der Waals surface area contributed by atoms with E-state index in [0.29, 0.717) is 13.1 Å². The second-order valence-corrected chi connectivity index (χ2v) is 9.41. The maximum absolute atomic E-state index is 12.9. The molecule has 1 aliphatic heterocycles. The van der Waals surface area contributed by atoms with Gasteiger partial charge in [-0.05, 0) is 31.0 Å². The van der Waals surface area contributed by atoms with Gasteiger partial charge >= 0.3 is 5.97 Å². The summed E-state index contributed by atoms with van der Waals surface area (Å²) in [4.78, 5) is 23.2. The van der Waals surface area contributed by atoms with E-state index in [1.165, 1.54) is 29.6 Å². The third-order valence-electron chi connectivity index (χ3n) is 4.10. The molecule has 2 rings (SSSR count). The Morgan fingerprint density at radius 1 is 1.19 bits per heavy atom. The minimum absolute atomic E-state index is 0.0224. The topological polar surface area (TPSA) is 92.8 Å². The molecule has 1 N–H and O–H groups in total. The molecule has 1 aromatic carbocycles. The van der Waals surface area contributed by atoms with Gasteiger partial charge in [0.2, 0.25) is 15.9 Å². The molecule has 0 aromatic heterocycles. The van der Waals surface area contributed by atoms with Crippen molar-refractivity contribution in [3.63, 3.8) is 0 Å². The fraction of sp³-hybridized carbons (Fsp3) is 0.529. The number of hydrogen-bond donors (Lipinski definition) is 1. The van der Waals surface area contributed by atoms with Crippen LogP contribution in [-0.4, -0.2) is 56.3 Å². The average molecular weight is 435 g/mol. The van der Waals surface area contributed by atoms with E-state index in [4.69, 9.17) is 11.6 Å². The van der Waals surface area contributed by atoms with Gasteiger partial charge in [-0.1, -0.05) is 24.4 Å². The van der Waals surface area contributed by atoms with E-state index in [1.807, 2.05) is 0 Å². The molecule has 0 saturated carbocycles. The molecule has 7 nitrogen and oxygen atoms in total. The summed E-state index contributed by atoms with van der Waals surface area (Å²) in [5, 5.41) is 2.85. The average Bonchev–Trinajstić information content (AvgIpc) is 2.93. The highest BCUT2D eigenvalue weighted by molar-refractivity contribution is 8.00. The number of carbonyl (C=O) groups is 2. The molecule has 1 heterocycles. The molecule has 1 fully saturated rings. The van der Waals surface area contributed by atoms with Crippen molar-refractivity contribution in [2.75, 3.05) is 37.0 Å². The van der Waals surface area contributed by atoms with Gasteiger partial charge in [-0.2, -0.15) is 4.31 Å². The summed E-state index contributed by atoms with van der Waals surface area (Å²) < 4.78 is 31.8. The number of carbonyl (C=O) groups excluding carboxylic acids is 2. The largest absolute Gasteiger partial charge is 0.468 e. The number of anilines is 1. The van der Waals surface area contributed by atoms with Crippen molar-refractivity contribution in [1.82, 2.24) is 4.31 Å². The third kappa shape index (κ3) is 6.38. The number of amides is 1. The number of esters is 1. The normalized spacial score (nSPS) is 15.8. The van der Waals surface area contributed by atoms with E-state index < -0.39 is 16.0 Å². The van der Waals surface area contributed by atoms with Crippen LogP contribution in [-0.2, 0) is 24.3 Å². The summed E-state index contributed by atoms with van der Waals surface area (Å²) in [5.41, 5.74) is 0.233. The predicted molar refractivity (Wildman–Crippen MR) is 107 cm³/mol. The van der Waals surface area contributed by atoms with Crippen LogP contribution in [0.5, 0.6) is 0 Å². The van der Waals surface area contributed by atoms with Gasteiger partial charge in [0.25, 0.3) is 0 Å². The lowest BCUT2D eigenvalue weighted by Gasteiger charge is -2.20. The summed E-state index contributed by atoms with van der Waals surface area (Å²) in [6.45, 7) is 0.994. The van der Waals surface area contributed by atoms with Crippen LogP contribution in [0.3, 0.4) is 0 Å². The van der Waals surface area contributed by atoms with Crippen LogP contribution >= 0.6 is 23.4 Å². The fourth-order valence-corrected chi connectivity index (χ4v) is 5.02. The van der Waals surface area contributed by atoms with Gasteiger partial charge in [0.05, 0.1) is 34.2 Å². The minimum Gasteiger partial charge on any atom is -0.468 e. The molecule has 0 spiro atoms.